The molecular formula is C17H20O5. The second-order valence-corrected chi connectivity index (χ2v) is 5.60. The molecule has 1 fully saturated rings. The van der Waals surface area contributed by atoms with Gasteiger partial charge in [0.2, 0.25) is 0 Å². The van der Waals surface area contributed by atoms with Gasteiger partial charge < -0.3 is 14.2 Å². The number of esters is 2. The molecule has 0 spiro atoms. The van der Waals surface area contributed by atoms with E-state index in [1.54, 1.807) is 12.1 Å². The summed E-state index contributed by atoms with van der Waals surface area (Å²) in [7, 11) is 0. The molecule has 0 aliphatic carbocycles. The van der Waals surface area contributed by atoms with E-state index < -0.39 is 17.7 Å². The lowest BCUT2D eigenvalue weighted by Crippen LogP contribution is -2.41. The molecule has 1 heterocycles. The lowest BCUT2D eigenvalue weighted by atomic mass is 10.0. The molecule has 5 nitrogen and oxygen atoms in total. The van der Waals surface area contributed by atoms with Crippen molar-refractivity contribution in [2.75, 3.05) is 6.61 Å². The second kappa shape index (κ2) is 6.22. The molecule has 0 bridgehead atoms. The van der Waals surface area contributed by atoms with Gasteiger partial charge in [-0.05, 0) is 42.7 Å². The van der Waals surface area contributed by atoms with E-state index in [1.807, 2.05) is 19.9 Å². The largest absolute Gasteiger partial charge is 0.494 e. The first kappa shape index (κ1) is 16.1. The Hall–Kier alpha value is -2.30. The summed E-state index contributed by atoms with van der Waals surface area (Å²) in [5.74, 6) is -1.81. The van der Waals surface area contributed by atoms with Crippen LogP contribution in [0.3, 0.4) is 0 Å². The number of carbonyl (C=O) groups is 2. The van der Waals surface area contributed by atoms with E-state index in [2.05, 4.69) is 0 Å². The summed E-state index contributed by atoms with van der Waals surface area (Å²) >= 11 is 0. The maximum absolute atomic E-state index is 11.9. The Morgan fingerprint density at radius 2 is 1.82 bits per heavy atom. The fraction of sp³-hybridized carbons (Fsp3) is 0.412. The first-order valence-electron chi connectivity index (χ1n) is 7.24. The minimum absolute atomic E-state index is 0.107. The van der Waals surface area contributed by atoms with Crippen LogP contribution in [0.5, 0.6) is 5.75 Å². The van der Waals surface area contributed by atoms with Crippen LogP contribution in [0.1, 0.15) is 38.3 Å². The zero-order chi connectivity index (χ0) is 16.3. The van der Waals surface area contributed by atoms with E-state index in [1.165, 1.54) is 19.9 Å². The normalized spacial score (nSPS) is 16.8. The van der Waals surface area contributed by atoms with Gasteiger partial charge >= 0.3 is 11.9 Å². The molecule has 0 radical (unpaired) electrons. The summed E-state index contributed by atoms with van der Waals surface area (Å²) < 4.78 is 15.7. The summed E-state index contributed by atoms with van der Waals surface area (Å²) in [5, 5.41) is 0. The summed E-state index contributed by atoms with van der Waals surface area (Å²) in [4.78, 5) is 23.9. The van der Waals surface area contributed by atoms with Crippen LogP contribution in [0.2, 0.25) is 0 Å². The number of cyclic esters (lactones) is 2. The highest BCUT2D eigenvalue weighted by Gasteiger charge is 2.38. The first-order valence-corrected chi connectivity index (χ1v) is 7.24. The highest BCUT2D eigenvalue weighted by molar-refractivity contribution is 6.18. The third kappa shape index (κ3) is 3.67. The van der Waals surface area contributed by atoms with Gasteiger partial charge in [-0.1, -0.05) is 13.0 Å². The van der Waals surface area contributed by atoms with Gasteiger partial charge in [0.05, 0.1) is 6.61 Å². The van der Waals surface area contributed by atoms with E-state index in [9.17, 15) is 9.59 Å². The topological polar surface area (TPSA) is 61.8 Å². The van der Waals surface area contributed by atoms with Gasteiger partial charge in [0.25, 0.3) is 5.79 Å². The average Bonchev–Trinajstić information content (AvgIpc) is 2.41. The van der Waals surface area contributed by atoms with Crippen molar-refractivity contribution >= 4 is 18.0 Å². The van der Waals surface area contributed by atoms with Gasteiger partial charge in [-0.3, -0.25) is 0 Å². The summed E-state index contributed by atoms with van der Waals surface area (Å²) in [6.45, 7) is 7.60. The Bertz CT molecular complexity index is 606. The molecule has 1 aliphatic rings. The van der Waals surface area contributed by atoms with Crippen molar-refractivity contribution in [3.05, 3.63) is 34.9 Å². The minimum Gasteiger partial charge on any atom is -0.494 e. The van der Waals surface area contributed by atoms with Crippen molar-refractivity contribution in [3.8, 4) is 5.75 Å². The lowest BCUT2D eigenvalue weighted by molar-refractivity contribution is -0.222. The smallest absolute Gasteiger partial charge is 0.348 e. The molecule has 1 aromatic carbocycles. The molecule has 0 N–H and O–H groups in total. The monoisotopic (exact) mass is 304 g/mol. The molecule has 0 saturated carbocycles. The molecule has 1 aromatic rings. The third-order valence-corrected chi connectivity index (χ3v) is 3.13. The average molecular weight is 304 g/mol. The van der Waals surface area contributed by atoms with Crippen LogP contribution in [-0.2, 0) is 19.1 Å². The van der Waals surface area contributed by atoms with Crippen LogP contribution in [0, 0.1) is 6.92 Å². The quantitative estimate of drug-likeness (QED) is 0.486. The predicted octanol–water partition coefficient (Wildman–Crippen LogP) is 3.00. The van der Waals surface area contributed by atoms with Crippen LogP contribution in [0.25, 0.3) is 6.08 Å². The molecule has 22 heavy (non-hydrogen) atoms. The van der Waals surface area contributed by atoms with Crippen LogP contribution >= 0.6 is 0 Å². The van der Waals surface area contributed by atoms with Crippen LogP contribution in [0.4, 0.5) is 0 Å². The van der Waals surface area contributed by atoms with Crippen molar-refractivity contribution in [3.63, 3.8) is 0 Å². The second-order valence-electron chi connectivity index (χ2n) is 5.60. The van der Waals surface area contributed by atoms with Gasteiger partial charge in [0, 0.05) is 13.8 Å². The van der Waals surface area contributed by atoms with Gasteiger partial charge in [0.1, 0.15) is 11.3 Å². The fourth-order valence-electron chi connectivity index (χ4n) is 2.05. The van der Waals surface area contributed by atoms with Crippen LogP contribution in [0.15, 0.2) is 23.8 Å². The first-order chi connectivity index (χ1) is 10.3. The highest BCUT2D eigenvalue weighted by atomic mass is 16.7. The third-order valence-electron chi connectivity index (χ3n) is 3.13. The molecule has 0 amide bonds. The number of rotatable bonds is 4. The van der Waals surface area contributed by atoms with Crippen LogP contribution in [-0.4, -0.2) is 24.3 Å². The molecule has 2 rings (SSSR count). The van der Waals surface area contributed by atoms with Crippen molar-refractivity contribution in [1.29, 1.82) is 0 Å². The van der Waals surface area contributed by atoms with E-state index >= 15 is 0 Å². The Morgan fingerprint density at radius 1 is 1.18 bits per heavy atom. The number of ether oxygens (including phenoxy) is 3. The molecule has 0 unspecified atom stereocenters. The van der Waals surface area contributed by atoms with E-state index in [0.717, 1.165) is 23.3 Å². The number of hydrogen-bond acceptors (Lipinski definition) is 5. The molecular weight excluding hydrogens is 284 g/mol. The van der Waals surface area contributed by atoms with Crippen molar-refractivity contribution < 1.29 is 23.8 Å². The number of carbonyl (C=O) groups excluding carboxylic acids is 2. The zero-order valence-electron chi connectivity index (χ0n) is 13.3. The molecule has 1 aliphatic heterocycles. The molecule has 0 atom stereocenters. The van der Waals surface area contributed by atoms with E-state index in [0.29, 0.717) is 6.61 Å². The standard InChI is InChI=1S/C17H20O5/c1-5-8-20-13-7-6-12(11(2)9-13)10-14-15(18)21-17(3,4)22-16(14)19/h6-7,9-10H,5,8H2,1-4H3. The highest BCUT2D eigenvalue weighted by Crippen LogP contribution is 2.26. The molecule has 1 saturated heterocycles. The number of benzene rings is 1. The summed E-state index contributed by atoms with van der Waals surface area (Å²) in [6.07, 6.45) is 2.41. The Labute approximate surface area is 129 Å². The number of aryl methyl sites for hydroxylation is 1. The molecule has 0 aromatic heterocycles. The minimum atomic E-state index is -1.22. The van der Waals surface area contributed by atoms with Gasteiger partial charge in [0.15, 0.2) is 0 Å². The maximum atomic E-state index is 11.9. The van der Waals surface area contributed by atoms with Gasteiger partial charge in [-0.25, -0.2) is 9.59 Å². The van der Waals surface area contributed by atoms with E-state index in [-0.39, 0.29) is 5.57 Å². The summed E-state index contributed by atoms with van der Waals surface area (Å²) in [5.41, 5.74) is 1.53. The van der Waals surface area contributed by atoms with Crippen molar-refractivity contribution in [1.82, 2.24) is 0 Å². The Kier molecular flexibility index (Phi) is 4.54. The molecule has 5 heteroatoms. The van der Waals surface area contributed by atoms with Gasteiger partial charge in [-0.2, -0.15) is 0 Å². The number of hydrogen-bond donors (Lipinski definition) is 0. The van der Waals surface area contributed by atoms with Crippen molar-refractivity contribution in [2.24, 2.45) is 0 Å². The van der Waals surface area contributed by atoms with Gasteiger partial charge in [-0.15, -0.1) is 0 Å². The maximum Gasteiger partial charge on any atom is 0.348 e. The predicted molar refractivity (Wildman–Crippen MR) is 81.2 cm³/mol. The Balaban J connectivity index is 2.25. The molecule has 118 valence electrons. The van der Waals surface area contributed by atoms with E-state index in [4.69, 9.17) is 14.2 Å². The lowest BCUT2D eigenvalue weighted by Gasteiger charge is -2.29. The zero-order valence-corrected chi connectivity index (χ0v) is 13.3. The fourth-order valence-corrected chi connectivity index (χ4v) is 2.05. The van der Waals surface area contributed by atoms with Crippen molar-refractivity contribution in [2.45, 2.75) is 39.9 Å². The van der Waals surface area contributed by atoms with Crippen LogP contribution < -0.4 is 4.74 Å². The Morgan fingerprint density at radius 3 is 2.36 bits per heavy atom. The SMILES string of the molecule is CCCOc1ccc(C=C2C(=O)OC(C)(C)OC2=O)c(C)c1. The summed E-state index contributed by atoms with van der Waals surface area (Å²) in [6, 6.07) is 5.47.